The van der Waals surface area contributed by atoms with Crippen LogP contribution in [0.4, 0.5) is 8.78 Å². The molecule has 3 heterocycles. The molecule has 2 aliphatic rings. The maximum atomic E-state index is 14.6. The van der Waals surface area contributed by atoms with E-state index in [1.807, 2.05) is 17.5 Å². The molecule has 2 amide bonds. The molecule has 0 unspecified atom stereocenters. The molecule has 1 fully saturated rings. The van der Waals surface area contributed by atoms with Gasteiger partial charge in [-0.3, -0.25) is 14.5 Å². The minimum atomic E-state index is -0.640. The first-order chi connectivity index (χ1) is 18.5. The van der Waals surface area contributed by atoms with E-state index in [2.05, 4.69) is 10.0 Å². The number of thiophene rings is 1. The number of morpholine rings is 1. The van der Waals surface area contributed by atoms with Crippen molar-refractivity contribution in [3.05, 3.63) is 93.7 Å². The van der Waals surface area contributed by atoms with Crippen molar-refractivity contribution < 1.29 is 23.1 Å². The maximum absolute atomic E-state index is 14.6. The number of nitrogens with zero attached hydrogens (tertiary/aromatic N) is 4. The molecule has 1 saturated heterocycles. The summed E-state index contributed by atoms with van der Waals surface area (Å²) in [6.45, 7) is 3.12. The van der Waals surface area contributed by atoms with E-state index in [4.69, 9.17) is 4.74 Å². The zero-order valence-electron chi connectivity index (χ0n) is 20.8. The molecule has 7 nitrogen and oxygen atoms in total. The van der Waals surface area contributed by atoms with Gasteiger partial charge in [0.1, 0.15) is 18.2 Å². The van der Waals surface area contributed by atoms with Crippen LogP contribution in [0.15, 0.2) is 71.1 Å². The van der Waals surface area contributed by atoms with Gasteiger partial charge in [0, 0.05) is 43.0 Å². The quantitative estimate of drug-likeness (QED) is 0.432. The summed E-state index contributed by atoms with van der Waals surface area (Å²) < 4.78 is 34.5. The summed E-state index contributed by atoms with van der Waals surface area (Å²) in [5.74, 6) is -2.03. The molecule has 2 aromatic carbocycles. The Morgan fingerprint density at radius 2 is 1.74 bits per heavy atom. The molecule has 198 valence electrons. The summed E-state index contributed by atoms with van der Waals surface area (Å²) in [6.07, 6.45) is 0.349. The van der Waals surface area contributed by atoms with E-state index in [0.29, 0.717) is 37.5 Å². The highest BCUT2D eigenvalue weighted by Gasteiger charge is 2.36. The normalized spacial score (nSPS) is 17.9. The lowest BCUT2D eigenvalue weighted by Gasteiger charge is -2.31. The van der Waals surface area contributed by atoms with E-state index in [9.17, 15) is 18.4 Å². The second-order valence-corrected chi connectivity index (χ2v) is 10.1. The van der Waals surface area contributed by atoms with E-state index in [0.717, 1.165) is 18.0 Å². The standard InChI is InChI=1S/C28H28F2N4O3S/c29-22-8-3-1-6-20(22)24-18-25(26-10-5-17-38-26)34(31-24)27(35)19-33(12-11-32-13-15-37-16-14-32)28(36)21-7-2-4-9-23(21)30/h1-10,17,25H,11-16,18-19H2/t25-/m1/s1. The Morgan fingerprint density at radius 3 is 2.45 bits per heavy atom. The zero-order chi connectivity index (χ0) is 26.5. The average molecular weight is 539 g/mol. The molecule has 10 heteroatoms. The maximum Gasteiger partial charge on any atom is 0.262 e. The molecule has 0 aliphatic carbocycles. The lowest BCUT2D eigenvalue weighted by atomic mass is 10.0. The van der Waals surface area contributed by atoms with Gasteiger partial charge in [-0.1, -0.05) is 36.4 Å². The van der Waals surface area contributed by atoms with Gasteiger partial charge < -0.3 is 9.64 Å². The third-order valence-corrected chi connectivity index (χ3v) is 7.70. The number of hydrazone groups is 1. The topological polar surface area (TPSA) is 65.5 Å². The molecule has 0 saturated carbocycles. The van der Waals surface area contributed by atoms with Gasteiger partial charge in [0.25, 0.3) is 11.8 Å². The van der Waals surface area contributed by atoms with Gasteiger partial charge in [-0.25, -0.2) is 13.8 Å². The molecule has 0 bridgehead atoms. The summed E-state index contributed by atoms with van der Waals surface area (Å²) in [6, 6.07) is 15.5. The molecule has 1 atom stereocenters. The molecule has 38 heavy (non-hydrogen) atoms. The van der Waals surface area contributed by atoms with Crippen molar-refractivity contribution in [2.75, 3.05) is 45.9 Å². The largest absolute Gasteiger partial charge is 0.379 e. The van der Waals surface area contributed by atoms with Crippen LogP contribution < -0.4 is 0 Å². The monoisotopic (exact) mass is 538 g/mol. The number of amides is 2. The highest BCUT2D eigenvalue weighted by molar-refractivity contribution is 7.10. The zero-order valence-corrected chi connectivity index (χ0v) is 21.6. The van der Waals surface area contributed by atoms with Gasteiger partial charge >= 0.3 is 0 Å². The van der Waals surface area contributed by atoms with Crippen LogP contribution in [-0.4, -0.2) is 78.3 Å². The minimum absolute atomic E-state index is 0.0888. The van der Waals surface area contributed by atoms with Crippen LogP contribution in [0.2, 0.25) is 0 Å². The Hall–Kier alpha value is -3.47. The van der Waals surface area contributed by atoms with Crippen molar-refractivity contribution >= 4 is 28.9 Å². The van der Waals surface area contributed by atoms with E-state index >= 15 is 0 Å². The van der Waals surface area contributed by atoms with Gasteiger partial charge in [-0.05, 0) is 29.6 Å². The Bertz CT molecular complexity index is 1310. The average Bonchev–Trinajstić information content (AvgIpc) is 3.62. The molecule has 3 aromatic rings. The number of carbonyl (C=O) groups is 2. The predicted octanol–water partition coefficient (Wildman–Crippen LogP) is 4.18. The molecule has 2 aliphatic heterocycles. The van der Waals surface area contributed by atoms with Crippen LogP contribution in [0.3, 0.4) is 0 Å². The number of ether oxygens (including phenoxy) is 1. The molecule has 0 N–H and O–H groups in total. The van der Waals surface area contributed by atoms with Gasteiger partial charge in [-0.2, -0.15) is 5.10 Å². The smallest absolute Gasteiger partial charge is 0.262 e. The summed E-state index contributed by atoms with van der Waals surface area (Å²) in [5, 5.41) is 7.80. The number of hydrogen-bond donors (Lipinski definition) is 0. The summed E-state index contributed by atoms with van der Waals surface area (Å²) in [5.41, 5.74) is 0.722. The SMILES string of the molecule is O=C(c1ccccc1F)N(CCN1CCOCC1)CC(=O)N1N=C(c2ccccc2F)C[C@@H]1c1cccs1. The van der Waals surface area contributed by atoms with E-state index in [1.54, 1.807) is 24.3 Å². The Morgan fingerprint density at radius 1 is 1.00 bits per heavy atom. The third kappa shape index (κ3) is 5.82. The van der Waals surface area contributed by atoms with E-state index < -0.39 is 29.5 Å². The number of benzene rings is 2. The van der Waals surface area contributed by atoms with Crippen molar-refractivity contribution in [2.24, 2.45) is 5.10 Å². The Balaban J connectivity index is 1.40. The Labute approximate surface area is 223 Å². The third-order valence-electron chi connectivity index (χ3n) is 6.73. The van der Waals surface area contributed by atoms with Gasteiger partial charge in [-0.15, -0.1) is 11.3 Å². The van der Waals surface area contributed by atoms with E-state index in [1.165, 1.54) is 45.5 Å². The lowest BCUT2D eigenvalue weighted by molar-refractivity contribution is -0.133. The van der Waals surface area contributed by atoms with Gasteiger partial charge in [0.15, 0.2) is 0 Å². The molecule has 0 radical (unpaired) electrons. The summed E-state index contributed by atoms with van der Waals surface area (Å²) >= 11 is 1.49. The fourth-order valence-electron chi connectivity index (χ4n) is 4.68. The van der Waals surface area contributed by atoms with Crippen LogP contribution in [0, 0.1) is 11.6 Å². The Kier molecular flexibility index (Phi) is 8.21. The van der Waals surface area contributed by atoms with Crippen molar-refractivity contribution in [2.45, 2.75) is 12.5 Å². The number of rotatable bonds is 8. The molecule has 1 aromatic heterocycles. The van der Waals surface area contributed by atoms with Crippen molar-refractivity contribution in [3.8, 4) is 0 Å². The van der Waals surface area contributed by atoms with Crippen LogP contribution in [0.25, 0.3) is 0 Å². The van der Waals surface area contributed by atoms with E-state index in [-0.39, 0.29) is 18.7 Å². The molecule has 5 rings (SSSR count). The van der Waals surface area contributed by atoms with Crippen molar-refractivity contribution in [3.63, 3.8) is 0 Å². The molecule has 0 spiro atoms. The summed E-state index contributed by atoms with van der Waals surface area (Å²) in [4.78, 5) is 31.6. The van der Waals surface area contributed by atoms with Crippen LogP contribution >= 0.6 is 11.3 Å². The fourth-order valence-corrected chi connectivity index (χ4v) is 5.49. The fraction of sp³-hybridized carbons (Fsp3) is 0.321. The molecular formula is C28H28F2N4O3S. The van der Waals surface area contributed by atoms with Crippen molar-refractivity contribution in [1.29, 1.82) is 0 Å². The van der Waals surface area contributed by atoms with Gasteiger partial charge in [0.05, 0.1) is 30.5 Å². The van der Waals surface area contributed by atoms with Crippen molar-refractivity contribution in [1.82, 2.24) is 14.8 Å². The highest BCUT2D eigenvalue weighted by Crippen LogP contribution is 2.35. The van der Waals surface area contributed by atoms with Gasteiger partial charge in [0.2, 0.25) is 0 Å². The second kappa shape index (κ2) is 11.9. The highest BCUT2D eigenvalue weighted by atomic mass is 32.1. The number of halogens is 2. The molecular weight excluding hydrogens is 510 g/mol. The summed E-state index contributed by atoms with van der Waals surface area (Å²) in [7, 11) is 0. The first-order valence-corrected chi connectivity index (χ1v) is 13.4. The lowest BCUT2D eigenvalue weighted by Crippen LogP contribution is -2.46. The minimum Gasteiger partial charge on any atom is -0.379 e. The number of carbonyl (C=O) groups excluding carboxylic acids is 2. The number of hydrogen-bond acceptors (Lipinski definition) is 6. The first kappa shape index (κ1) is 26.1. The van der Waals surface area contributed by atoms with Crippen LogP contribution in [-0.2, 0) is 9.53 Å². The first-order valence-electron chi connectivity index (χ1n) is 12.5. The van der Waals surface area contributed by atoms with Crippen LogP contribution in [0.5, 0.6) is 0 Å². The second-order valence-electron chi connectivity index (χ2n) is 9.16. The van der Waals surface area contributed by atoms with Crippen LogP contribution in [0.1, 0.15) is 33.3 Å². The predicted molar refractivity (Wildman–Crippen MR) is 141 cm³/mol.